The van der Waals surface area contributed by atoms with Crippen molar-refractivity contribution in [1.82, 2.24) is 20.3 Å². The highest BCUT2D eigenvalue weighted by Crippen LogP contribution is 2.36. The van der Waals surface area contributed by atoms with Crippen LogP contribution in [0.1, 0.15) is 43.6 Å². The number of carbonyl (C=O) groups is 1. The van der Waals surface area contributed by atoms with Crippen molar-refractivity contribution in [2.45, 2.75) is 45.7 Å². The molecule has 0 amide bonds. The van der Waals surface area contributed by atoms with Gasteiger partial charge in [0.15, 0.2) is 5.69 Å². The second kappa shape index (κ2) is 5.06. The molecule has 0 radical (unpaired) electrons. The van der Waals surface area contributed by atoms with E-state index < -0.39 is 5.97 Å². The molecular formula is C12H20N4O2. The molecule has 0 saturated heterocycles. The Morgan fingerprint density at radius 2 is 2.44 bits per heavy atom. The summed E-state index contributed by atoms with van der Waals surface area (Å²) in [4.78, 5) is 10.6. The molecule has 18 heavy (non-hydrogen) atoms. The van der Waals surface area contributed by atoms with E-state index in [1.54, 1.807) is 4.68 Å². The Hall–Kier alpha value is -1.43. The zero-order valence-electron chi connectivity index (χ0n) is 10.9. The molecule has 0 aromatic carbocycles. The minimum atomic E-state index is -1.04. The maximum absolute atomic E-state index is 10.6. The summed E-state index contributed by atoms with van der Waals surface area (Å²) in [5.74, 6) is -1.04. The van der Waals surface area contributed by atoms with Crippen LogP contribution in [0, 0.1) is 5.41 Å². The molecule has 0 aliphatic heterocycles. The van der Waals surface area contributed by atoms with Gasteiger partial charge in [0.05, 0.1) is 12.7 Å². The molecule has 1 fully saturated rings. The highest BCUT2D eigenvalue weighted by Gasteiger charge is 2.30. The third-order valence-electron chi connectivity index (χ3n) is 3.50. The van der Waals surface area contributed by atoms with E-state index in [0.717, 1.165) is 6.54 Å². The van der Waals surface area contributed by atoms with Gasteiger partial charge >= 0.3 is 5.97 Å². The number of nitrogens with zero attached hydrogens (tertiary/aromatic N) is 3. The second-order valence-corrected chi connectivity index (χ2v) is 5.73. The van der Waals surface area contributed by atoms with Crippen LogP contribution in [0.4, 0.5) is 0 Å². The minimum absolute atomic E-state index is 0.00278. The first kappa shape index (κ1) is 13.0. The fourth-order valence-electron chi connectivity index (χ4n) is 2.50. The molecule has 6 nitrogen and oxygen atoms in total. The summed E-state index contributed by atoms with van der Waals surface area (Å²) in [6.45, 7) is 6.04. The number of carboxylic acids is 1. The Balaban J connectivity index is 1.74. The number of nitrogens with one attached hydrogen (secondary N) is 1. The fraction of sp³-hybridized carbons (Fsp3) is 0.750. The van der Waals surface area contributed by atoms with Crippen LogP contribution in [0.3, 0.4) is 0 Å². The van der Waals surface area contributed by atoms with Crippen molar-refractivity contribution < 1.29 is 9.90 Å². The van der Waals surface area contributed by atoms with Crippen LogP contribution < -0.4 is 5.32 Å². The summed E-state index contributed by atoms with van der Waals surface area (Å²) in [6.07, 6.45) is 5.13. The SMILES string of the molecule is CC1(C)CCC(NCCn2cc(C(=O)O)nn2)C1. The average Bonchev–Trinajstić information content (AvgIpc) is 2.86. The molecule has 2 rings (SSSR count). The van der Waals surface area contributed by atoms with Crippen LogP contribution in [0.5, 0.6) is 0 Å². The van der Waals surface area contributed by atoms with Crippen LogP contribution in [-0.4, -0.2) is 38.7 Å². The van der Waals surface area contributed by atoms with Gasteiger partial charge in [0.2, 0.25) is 0 Å². The van der Waals surface area contributed by atoms with Crippen LogP contribution in [0.15, 0.2) is 6.20 Å². The monoisotopic (exact) mass is 252 g/mol. The Kier molecular flexibility index (Phi) is 3.65. The van der Waals surface area contributed by atoms with E-state index in [1.807, 2.05) is 0 Å². The first-order chi connectivity index (χ1) is 8.46. The van der Waals surface area contributed by atoms with Gasteiger partial charge in [0.25, 0.3) is 0 Å². The van der Waals surface area contributed by atoms with E-state index in [2.05, 4.69) is 29.5 Å². The largest absolute Gasteiger partial charge is 0.476 e. The van der Waals surface area contributed by atoms with Crippen LogP contribution in [0.25, 0.3) is 0 Å². The molecule has 1 aliphatic carbocycles. The predicted octanol–water partition coefficient (Wildman–Crippen LogP) is 1.14. The molecule has 100 valence electrons. The standard InChI is InChI=1S/C12H20N4O2/c1-12(2)4-3-9(7-12)13-5-6-16-8-10(11(17)18)14-15-16/h8-9,13H,3-7H2,1-2H3,(H,17,18). The number of rotatable bonds is 5. The van der Waals surface area contributed by atoms with Crippen molar-refractivity contribution >= 4 is 5.97 Å². The normalized spacial score (nSPS) is 22.2. The summed E-state index contributed by atoms with van der Waals surface area (Å²) in [5, 5.41) is 19.6. The zero-order valence-corrected chi connectivity index (χ0v) is 10.9. The molecule has 1 aromatic rings. The first-order valence-corrected chi connectivity index (χ1v) is 6.33. The summed E-state index contributed by atoms with van der Waals surface area (Å²) >= 11 is 0. The van der Waals surface area contributed by atoms with E-state index in [9.17, 15) is 4.79 Å². The smallest absolute Gasteiger partial charge is 0.358 e. The fourth-order valence-corrected chi connectivity index (χ4v) is 2.50. The van der Waals surface area contributed by atoms with Gasteiger partial charge < -0.3 is 10.4 Å². The van der Waals surface area contributed by atoms with Gasteiger partial charge in [-0.1, -0.05) is 19.1 Å². The third-order valence-corrected chi connectivity index (χ3v) is 3.50. The Bertz CT molecular complexity index is 427. The Morgan fingerprint density at radius 1 is 1.67 bits per heavy atom. The first-order valence-electron chi connectivity index (χ1n) is 6.33. The van der Waals surface area contributed by atoms with Gasteiger partial charge in [-0.25, -0.2) is 4.79 Å². The molecular weight excluding hydrogens is 232 g/mol. The third kappa shape index (κ3) is 3.29. The van der Waals surface area contributed by atoms with Gasteiger partial charge in [-0.15, -0.1) is 5.10 Å². The molecule has 1 saturated carbocycles. The van der Waals surface area contributed by atoms with Crippen molar-refractivity contribution in [3.8, 4) is 0 Å². The van der Waals surface area contributed by atoms with Gasteiger partial charge in [-0.2, -0.15) is 0 Å². The van der Waals surface area contributed by atoms with Crippen LogP contribution >= 0.6 is 0 Å². The lowest BCUT2D eigenvalue weighted by Gasteiger charge is -2.17. The van der Waals surface area contributed by atoms with Crippen molar-refractivity contribution in [2.75, 3.05) is 6.54 Å². The lowest BCUT2D eigenvalue weighted by atomic mass is 9.92. The summed E-state index contributed by atoms with van der Waals surface area (Å²) in [6, 6.07) is 0.572. The molecule has 1 unspecified atom stereocenters. The molecule has 6 heteroatoms. The molecule has 1 atom stereocenters. The topological polar surface area (TPSA) is 80.0 Å². The van der Waals surface area contributed by atoms with Crippen molar-refractivity contribution in [3.05, 3.63) is 11.9 Å². The number of aromatic carboxylic acids is 1. The maximum Gasteiger partial charge on any atom is 0.358 e. The van der Waals surface area contributed by atoms with Crippen molar-refractivity contribution in [3.63, 3.8) is 0 Å². The second-order valence-electron chi connectivity index (χ2n) is 5.73. The van der Waals surface area contributed by atoms with Crippen molar-refractivity contribution in [1.29, 1.82) is 0 Å². The maximum atomic E-state index is 10.6. The summed E-state index contributed by atoms with van der Waals surface area (Å²) in [5.41, 5.74) is 0.443. The summed E-state index contributed by atoms with van der Waals surface area (Å²) in [7, 11) is 0. The quantitative estimate of drug-likeness (QED) is 0.821. The van der Waals surface area contributed by atoms with Gasteiger partial charge in [-0.3, -0.25) is 4.68 Å². The van der Waals surface area contributed by atoms with Gasteiger partial charge in [-0.05, 0) is 24.7 Å². The zero-order chi connectivity index (χ0) is 13.2. The number of hydrogen-bond acceptors (Lipinski definition) is 4. The highest BCUT2D eigenvalue weighted by molar-refractivity contribution is 5.84. The summed E-state index contributed by atoms with van der Waals surface area (Å²) < 4.78 is 1.57. The van der Waals surface area contributed by atoms with Crippen molar-refractivity contribution in [2.24, 2.45) is 5.41 Å². The van der Waals surface area contributed by atoms with E-state index in [4.69, 9.17) is 5.11 Å². The lowest BCUT2D eigenvalue weighted by molar-refractivity contribution is 0.0690. The highest BCUT2D eigenvalue weighted by atomic mass is 16.4. The predicted molar refractivity (Wildman–Crippen MR) is 66.4 cm³/mol. The van der Waals surface area contributed by atoms with E-state index in [-0.39, 0.29) is 5.69 Å². The van der Waals surface area contributed by atoms with Crippen LogP contribution in [0.2, 0.25) is 0 Å². The molecule has 1 aromatic heterocycles. The van der Waals surface area contributed by atoms with Gasteiger partial charge in [0.1, 0.15) is 0 Å². The van der Waals surface area contributed by atoms with Crippen LogP contribution in [-0.2, 0) is 6.54 Å². The number of hydrogen-bond donors (Lipinski definition) is 2. The Labute approximate surface area is 106 Å². The Morgan fingerprint density at radius 3 is 3.00 bits per heavy atom. The molecule has 2 N–H and O–H groups in total. The lowest BCUT2D eigenvalue weighted by Crippen LogP contribution is -2.30. The molecule has 0 bridgehead atoms. The van der Waals surface area contributed by atoms with Gasteiger partial charge in [0, 0.05) is 12.6 Å². The minimum Gasteiger partial charge on any atom is -0.476 e. The van der Waals surface area contributed by atoms with E-state index in [0.29, 0.717) is 18.0 Å². The molecule has 1 aliphatic rings. The van der Waals surface area contributed by atoms with E-state index in [1.165, 1.54) is 25.5 Å². The molecule has 1 heterocycles. The number of carboxylic acid groups (broad SMARTS) is 1. The van der Waals surface area contributed by atoms with E-state index >= 15 is 0 Å². The molecule has 0 spiro atoms. The average molecular weight is 252 g/mol. The number of aromatic nitrogens is 3.